The zero-order valence-corrected chi connectivity index (χ0v) is 18.0. The van der Waals surface area contributed by atoms with Gasteiger partial charge in [-0.15, -0.1) is 5.10 Å². The number of guanidine groups is 1. The molecule has 30 heavy (non-hydrogen) atoms. The fraction of sp³-hybridized carbons (Fsp3) is 0. The van der Waals surface area contributed by atoms with Gasteiger partial charge in [-0.1, -0.05) is 70.0 Å². The molecule has 6 nitrogen and oxygen atoms in total. The van der Waals surface area contributed by atoms with Gasteiger partial charge in [0.1, 0.15) is 0 Å². The number of hydrogen-bond donors (Lipinski definition) is 2. The predicted molar refractivity (Wildman–Crippen MR) is 125 cm³/mol. The minimum atomic E-state index is -0.331. The Labute approximate surface area is 187 Å². The maximum Gasteiger partial charge on any atom is 0.258 e. The van der Waals surface area contributed by atoms with Crippen LogP contribution in [0.25, 0.3) is 0 Å². The summed E-state index contributed by atoms with van der Waals surface area (Å²) in [7, 11) is 0. The summed E-state index contributed by atoms with van der Waals surface area (Å²) < 4.78 is 0.974. The van der Waals surface area contributed by atoms with Gasteiger partial charge in [0.15, 0.2) is 0 Å². The Bertz CT molecular complexity index is 1060. The second-order valence-electron chi connectivity index (χ2n) is 5.99. The van der Waals surface area contributed by atoms with Crippen LogP contribution in [0.4, 0.5) is 0 Å². The van der Waals surface area contributed by atoms with E-state index in [-0.39, 0.29) is 11.9 Å². The third-order valence-electron chi connectivity index (χ3n) is 3.76. The van der Waals surface area contributed by atoms with Gasteiger partial charge in [0.2, 0.25) is 5.96 Å². The third kappa shape index (κ3) is 6.95. The number of hydrazone groups is 1. The van der Waals surface area contributed by atoms with Gasteiger partial charge in [0.05, 0.1) is 12.4 Å². The van der Waals surface area contributed by atoms with E-state index in [2.05, 4.69) is 42.0 Å². The quantitative estimate of drug-likeness (QED) is 0.310. The molecule has 0 atom stereocenters. The molecule has 0 unspecified atom stereocenters. The minimum absolute atomic E-state index is 0.0856. The van der Waals surface area contributed by atoms with Crippen LogP contribution in [0.2, 0.25) is 5.02 Å². The van der Waals surface area contributed by atoms with Crippen molar-refractivity contribution in [1.29, 1.82) is 0 Å². The molecule has 0 aliphatic carbocycles. The van der Waals surface area contributed by atoms with Gasteiger partial charge < -0.3 is 0 Å². The van der Waals surface area contributed by atoms with Crippen molar-refractivity contribution in [2.24, 2.45) is 15.3 Å². The molecule has 1 amide bonds. The van der Waals surface area contributed by atoms with E-state index in [4.69, 9.17) is 11.6 Å². The van der Waals surface area contributed by atoms with Gasteiger partial charge in [-0.3, -0.25) is 10.1 Å². The molecular weight excluding hydrogens is 466 g/mol. The third-order valence-corrected chi connectivity index (χ3v) is 4.54. The summed E-state index contributed by atoms with van der Waals surface area (Å²) in [5.41, 5.74) is 4.90. The van der Waals surface area contributed by atoms with Gasteiger partial charge in [-0.05, 0) is 47.5 Å². The van der Waals surface area contributed by atoms with Crippen molar-refractivity contribution in [1.82, 2.24) is 10.7 Å². The van der Waals surface area contributed by atoms with Crippen LogP contribution in [0.15, 0.2) is 98.6 Å². The monoisotopic (exact) mass is 481 g/mol. The first-order valence-corrected chi connectivity index (χ1v) is 10.0. The van der Waals surface area contributed by atoms with Crippen molar-refractivity contribution in [3.05, 3.63) is 105 Å². The number of nitrogens with zero attached hydrogens (tertiary/aromatic N) is 3. The summed E-state index contributed by atoms with van der Waals surface area (Å²) in [6, 6.07) is 23.5. The highest BCUT2D eigenvalue weighted by Crippen LogP contribution is 2.09. The number of nitrogens with one attached hydrogen (secondary N) is 2. The van der Waals surface area contributed by atoms with Crippen LogP contribution in [0.5, 0.6) is 0 Å². The lowest BCUT2D eigenvalue weighted by molar-refractivity contribution is 0.0975. The Hall–Kier alpha value is -3.29. The van der Waals surface area contributed by atoms with E-state index in [1.165, 1.54) is 0 Å². The maximum absolute atomic E-state index is 12.4. The van der Waals surface area contributed by atoms with Crippen LogP contribution in [0.1, 0.15) is 21.5 Å². The van der Waals surface area contributed by atoms with Crippen LogP contribution in [0.3, 0.4) is 0 Å². The second kappa shape index (κ2) is 11.0. The molecule has 0 aliphatic heterocycles. The van der Waals surface area contributed by atoms with Crippen molar-refractivity contribution in [3.8, 4) is 0 Å². The molecular formula is C22H17BrClN5O. The summed E-state index contributed by atoms with van der Waals surface area (Å²) in [6.45, 7) is 0. The molecule has 3 aromatic carbocycles. The van der Waals surface area contributed by atoms with Crippen molar-refractivity contribution >= 4 is 51.8 Å². The van der Waals surface area contributed by atoms with E-state index in [1.54, 1.807) is 48.8 Å². The normalized spacial score (nSPS) is 11.7. The van der Waals surface area contributed by atoms with E-state index < -0.39 is 0 Å². The van der Waals surface area contributed by atoms with Gasteiger partial charge in [-0.25, -0.2) is 5.43 Å². The van der Waals surface area contributed by atoms with E-state index >= 15 is 0 Å². The second-order valence-corrected chi connectivity index (χ2v) is 7.34. The summed E-state index contributed by atoms with van der Waals surface area (Å²) in [5, 5.41) is 15.5. The Morgan fingerprint density at radius 2 is 1.50 bits per heavy atom. The van der Waals surface area contributed by atoms with Gasteiger partial charge in [-0.2, -0.15) is 10.2 Å². The van der Waals surface area contributed by atoms with Gasteiger partial charge in [0, 0.05) is 15.1 Å². The molecule has 3 aromatic rings. The van der Waals surface area contributed by atoms with E-state index in [9.17, 15) is 4.79 Å². The molecule has 0 radical (unpaired) electrons. The molecule has 0 saturated carbocycles. The fourth-order valence-corrected chi connectivity index (χ4v) is 2.65. The Balaban J connectivity index is 1.73. The van der Waals surface area contributed by atoms with Crippen molar-refractivity contribution in [2.75, 3.05) is 0 Å². The van der Waals surface area contributed by atoms with Crippen LogP contribution < -0.4 is 10.7 Å². The largest absolute Gasteiger partial charge is 0.290 e. The molecule has 0 aromatic heterocycles. The molecule has 0 bridgehead atoms. The highest BCUT2D eigenvalue weighted by atomic mass is 79.9. The molecule has 150 valence electrons. The molecule has 0 fully saturated rings. The molecule has 0 saturated heterocycles. The fourth-order valence-electron chi connectivity index (χ4n) is 2.26. The van der Waals surface area contributed by atoms with Crippen molar-refractivity contribution in [3.63, 3.8) is 0 Å². The standard InChI is InChI=1S/C22H17BrClN5O/c23-19-10-6-16(7-11-19)14-25-28-22(27-21(30)18-4-2-1-3-5-18)29-26-15-17-8-12-20(24)13-9-17/h1-15H,(H2,27,28,29,30). The number of halogens is 2. The zero-order valence-electron chi connectivity index (χ0n) is 15.7. The SMILES string of the molecule is O=C(NC(=NN=Cc1ccc(Cl)cc1)NN=Cc1ccc(Br)cc1)c1ccccc1. The molecule has 3 rings (SSSR count). The molecule has 8 heteroatoms. The predicted octanol–water partition coefficient (Wildman–Crippen LogP) is 4.85. The number of carbonyl (C=O) groups excluding carboxylic acids is 1. The van der Waals surface area contributed by atoms with Crippen LogP contribution in [0, 0.1) is 0 Å². The molecule has 0 spiro atoms. The lowest BCUT2D eigenvalue weighted by Crippen LogP contribution is -2.38. The molecule has 0 heterocycles. The van der Waals surface area contributed by atoms with Gasteiger partial charge >= 0.3 is 0 Å². The topological polar surface area (TPSA) is 78.2 Å². The number of carbonyl (C=O) groups is 1. The lowest BCUT2D eigenvalue weighted by atomic mass is 10.2. The van der Waals surface area contributed by atoms with Crippen LogP contribution in [-0.2, 0) is 0 Å². The maximum atomic E-state index is 12.4. The minimum Gasteiger partial charge on any atom is -0.290 e. The van der Waals surface area contributed by atoms with E-state index in [0.29, 0.717) is 10.6 Å². The number of amides is 1. The summed E-state index contributed by atoms with van der Waals surface area (Å²) >= 11 is 9.27. The Morgan fingerprint density at radius 1 is 0.867 bits per heavy atom. The first-order valence-electron chi connectivity index (χ1n) is 8.88. The zero-order chi connectivity index (χ0) is 21.2. The van der Waals surface area contributed by atoms with Gasteiger partial charge in [0.25, 0.3) is 5.91 Å². The average molecular weight is 483 g/mol. The smallest absolute Gasteiger partial charge is 0.258 e. The molecule has 0 aliphatic rings. The number of rotatable bonds is 5. The summed E-state index contributed by atoms with van der Waals surface area (Å²) in [6.07, 6.45) is 3.16. The Morgan fingerprint density at radius 3 is 2.20 bits per heavy atom. The number of benzene rings is 3. The van der Waals surface area contributed by atoms with E-state index in [0.717, 1.165) is 15.6 Å². The van der Waals surface area contributed by atoms with E-state index in [1.807, 2.05) is 42.5 Å². The van der Waals surface area contributed by atoms with Crippen LogP contribution in [-0.4, -0.2) is 24.3 Å². The van der Waals surface area contributed by atoms with Crippen molar-refractivity contribution in [2.45, 2.75) is 0 Å². The summed E-state index contributed by atoms with van der Waals surface area (Å²) in [4.78, 5) is 12.4. The Kier molecular flexibility index (Phi) is 7.88. The lowest BCUT2D eigenvalue weighted by Gasteiger charge is -2.06. The highest BCUT2D eigenvalue weighted by molar-refractivity contribution is 9.10. The highest BCUT2D eigenvalue weighted by Gasteiger charge is 2.07. The molecule has 2 N–H and O–H groups in total. The van der Waals surface area contributed by atoms with Crippen molar-refractivity contribution < 1.29 is 4.79 Å². The average Bonchev–Trinajstić information content (AvgIpc) is 2.77. The van der Waals surface area contributed by atoms with Crippen LogP contribution >= 0.6 is 27.5 Å². The first kappa shape index (κ1) is 21.4. The summed E-state index contributed by atoms with van der Waals surface area (Å²) in [5.74, 6) is -0.246. The first-order chi connectivity index (χ1) is 14.6. The number of hydrogen-bond acceptors (Lipinski definition) is 4.